The second kappa shape index (κ2) is 10.7. The lowest BCUT2D eigenvalue weighted by Crippen LogP contribution is -2.34. The molecular formula is C18H27ClN6O2. The van der Waals surface area contributed by atoms with Crippen LogP contribution < -0.4 is 14.5 Å². The molecule has 8 nitrogen and oxygen atoms in total. The third-order valence-corrected chi connectivity index (χ3v) is 4.23. The molecule has 2 rings (SSSR count). The summed E-state index contributed by atoms with van der Waals surface area (Å²) >= 11 is 5.87. The van der Waals surface area contributed by atoms with Crippen LogP contribution in [0.5, 0.6) is 5.88 Å². The molecular weight excluding hydrogens is 368 g/mol. The van der Waals surface area contributed by atoms with Crippen molar-refractivity contribution in [2.24, 2.45) is 0 Å². The molecule has 2 aromatic heterocycles. The number of anilines is 2. The van der Waals surface area contributed by atoms with Crippen molar-refractivity contribution >= 4 is 29.0 Å². The molecule has 0 fully saturated rings. The minimum Gasteiger partial charge on any atom is -0.476 e. The predicted molar refractivity (Wildman–Crippen MR) is 106 cm³/mol. The molecule has 0 aliphatic carbocycles. The predicted octanol–water partition coefficient (Wildman–Crippen LogP) is 3.00. The molecule has 2 aromatic rings. The molecule has 27 heavy (non-hydrogen) atoms. The minimum atomic E-state index is -0.264. The summed E-state index contributed by atoms with van der Waals surface area (Å²) in [6.45, 7) is 2.97. The van der Waals surface area contributed by atoms with Crippen LogP contribution in [-0.4, -0.2) is 52.7 Å². The number of ether oxygens (including phenoxy) is 1. The Bertz CT molecular complexity index is 708. The van der Waals surface area contributed by atoms with Gasteiger partial charge < -0.3 is 9.64 Å². The van der Waals surface area contributed by atoms with E-state index >= 15 is 0 Å². The summed E-state index contributed by atoms with van der Waals surface area (Å²) in [5.74, 6) is 0.543. The number of aromatic amines is 1. The van der Waals surface area contributed by atoms with Crippen molar-refractivity contribution in [3.05, 3.63) is 24.3 Å². The van der Waals surface area contributed by atoms with E-state index in [4.69, 9.17) is 16.3 Å². The van der Waals surface area contributed by atoms with Gasteiger partial charge in [0.1, 0.15) is 12.2 Å². The first-order valence-electron chi connectivity index (χ1n) is 9.08. The highest BCUT2D eigenvalue weighted by atomic mass is 35.5. The standard InChI is InChI=1S/C18H27ClN6O2/c1-4-5-6-7-10-27-18-16(17(24(2)3)20-13-21-18)25(15(26)11-19)12-14-8-9-22-23-14/h8-9,13H,4-7,10-12H2,1-3H3,(H,22,23). The molecule has 0 saturated heterocycles. The summed E-state index contributed by atoms with van der Waals surface area (Å²) in [7, 11) is 3.72. The molecule has 0 atom stereocenters. The van der Waals surface area contributed by atoms with Crippen LogP contribution in [0.3, 0.4) is 0 Å². The van der Waals surface area contributed by atoms with E-state index in [-0.39, 0.29) is 18.3 Å². The number of aromatic nitrogens is 4. The highest BCUT2D eigenvalue weighted by Crippen LogP contribution is 2.35. The first kappa shape index (κ1) is 21.0. The first-order chi connectivity index (χ1) is 13.1. The Morgan fingerprint density at radius 2 is 2.07 bits per heavy atom. The van der Waals surface area contributed by atoms with E-state index in [1.54, 1.807) is 12.3 Å². The first-order valence-corrected chi connectivity index (χ1v) is 9.61. The van der Waals surface area contributed by atoms with Crippen molar-refractivity contribution < 1.29 is 9.53 Å². The van der Waals surface area contributed by atoms with Crippen molar-refractivity contribution in [1.82, 2.24) is 20.2 Å². The van der Waals surface area contributed by atoms with Gasteiger partial charge in [-0.25, -0.2) is 4.98 Å². The smallest absolute Gasteiger partial charge is 0.243 e. The molecule has 0 saturated carbocycles. The number of halogens is 1. The average Bonchev–Trinajstić information content (AvgIpc) is 3.18. The van der Waals surface area contributed by atoms with E-state index in [0.717, 1.165) is 25.0 Å². The Morgan fingerprint density at radius 1 is 1.26 bits per heavy atom. The number of nitrogens with one attached hydrogen (secondary N) is 1. The third-order valence-electron chi connectivity index (χ3n) is 4.00. The van der Waals surface area contributed by atoms with Gasteiger partial charge in [0.25, 0.3) is 0 Å². The van der Waals surface area contributed by atoms with Crippen molar-refractivity contribution in [2.75, 3.05) is 36.4 Å². The number of rotatable bonds is 11. The molecule has 148 valence electrons. The molecule has 0 radical (unpaired) electrons. The van der Waals surface area contributed by atoms with Gasteiger partial charge in [-0.15, -0.1) is 11.6 Å². The van der Waals surface area contributed by atoms with E-state index < -0.39 is 0 Å². The number of unbranched alkanes of at least 4 members (excludes halogenated alkanes) is 3. The SMILES string of the molecule is CCCCCCOc1ncnc(N(C)C)c1N(Cc1ccn[nH]1)C(=O)CCl. The lowest BCUT2D eigenvalue weighted by molar-refractivity contribution is -0.116. The maximum absolute atomic E-state index is 12.6. The molecule has 0 spiro atoms. The summed E-state index contributed by atoms with van der Waals surface area (Å²) in [5, 5.41) is 6.81. The molecule has 0 aliphatic heterocycles. The molecule has 0 aromatic carbocycles. The van der Waals surface area contributed by atoms with Gasteiger partial charge in [-0.05, 0) is 12.5 Å². The van der Waals surface area contributed by atoms with Gasteiger partial charge >= 0.3 is 0 Å². The van der Waals surface area contributed by atoms with E-state index in [2.05, 4.69) is 27.1 Å². The lowest BCUT2D eigenvalue weighted by atomic mass is 10.2. The number of alkyl halides is 1. The number of hydrogen-bond donors (Lipinski definition) is 1. The van der Waals surface area contributed by atoms with Gasteiger partial charge in [-0.3, -0.25) is 14.8 Å². The Morgan fingerprint density at radius 3 is 2.70 bits per heavy atom. The van der Waals surface area contributed by atoms with E-state index in [1.165, 1.54) is 17.6 Å². The third kappa shape index (κ3) is 5.82. The van der Waals surface area contributed by atoms with Crippen LogP contribution in [0.15, 0.2) is 18.6 Å². The van der Waals surface area contributed by atoms with Crippen LogP contribution in [0.1, 0.15) is 38.3 Å². The Kier molecular flexibility index (Phi) is 8.32. The number of H-pyrrole nitrogens is 1. The summed E-state index contributed by atoms with van der Waals surface area (Å²) in [4.78, 5) is 24.6. The van der Waals surface area contributed by atoms with Crippen molar-refractivity contribution in [1.29, 1.82) is 0 Å². The summed E-state index contributed by atoms with van der Waals surface area (Å²) in [6, 6.07) is 1.80. The zero-order valence-electron chi connectivity index (χ0n) is 16.1. The second-order valence-corrected chi connectivity index (χ2v) is 6.62. The quantitative estimate of drug-likeness (QED) is 0.465. The topological polar surface area (TPSA) is 87.2 Å². The Labute approximate surface area is 164 Å². The summed E-state index contributed by atoms with van der Waals surface area (Å²) in [6.07, 6.45) is 7.43. The number of carbonyl (C=O) groups excluding carboxylic acids is 1. The molecule has 0 aliphatic rings. The largest absolute Gasteiger partial charge is 0.476 e. The number of nitrogens with zero attached hydrogens (tertiary/aromatic N) is 5. The highest BCUT2D eigenvalue weighted by Gasteiger charge is 2.26. The van der Waals surface area contributed by atoms with Gasteiger partial charge in [0.15, 0.2) is 11.5 Å². The van der Waals surface area contributed by atoms with Crippen molar-refractivity contribution in [2.45, 2.75) is 39.2 Å². The molecule has 0 bridgehead atoms. The van der Waals surface area contributed by atoms with Gasteiger partial charge in [0.2, 0.25) is 11.8 Å². The molecule has 2 heterocycles. The van der Waals surface area contributed by atoms with Crippen molar-refractivity contribution in [3.63, 3.8) is 0 Å². The minimum absolute atomic E-state index is 0.161. The van der Waals surface area contributed by atoms with Crippen LogP contribution in [0.4, 0.5) is 11.5 Å². The van der Waals surface area contributed by atoms with E-state index in [1.807, 2.05) is 19.0 Å². The molecule has 1 amide bonds. The summed E-state index contributed by atoms with van der Waals surface area (Å²) in [5.41, 5.74) is 1.29. The normalized spacial score (nSPS) is 10.7. The lowest BCUT2D eigenvalue weighted by Gasteiger charge is -2.27. The van der Waals surface area contributed by atoms with E-state index in [9.17, 15) is 4.79 Å². The molecule has 1 N–H and O–H groups in total. The van der Waals surface area contributed by atoms with Gasteiger partial charge in [-0.1, -0.05) is 26.2 Å². The molecule has 0 unspecified atom stereocenters. The number of carbonyl (C=O) groups is 1. The summed E-state index contributed by atoms with van der Waals surface area (Å²) < 4.78 is 5.93. The zero-order valence-corrected chi connectivity index (χ0v) is 16.9. The Balaban J connectivity index is 2.34. The second-order valence-electron chi connectivity index (χ2n) is 6.35. The van der Waals surface area contributed by atoms with Crippen LogP contribution >= 0.6 is 11.6 Å². The zero-order chi connectivity index (χ0) is 19.6. The van der Waals surface area contributed by atoms with Crippen molar-refractivity contribution in [3.8, 4) is 5.88 Å². The van der Waals surface area contributed by atoms with Crippen LogP contribution in [0.2, 0.25) is 0 Å². The van der Waals surface area contributed by atoms with Gasteiger partial charge in [0, 0.05) is 20.3 Å². The fraction of sp³-hybridized carbons (Fsp3) is 0.556. The molecule has 9 heteroatoms. The van der Waals surface area contributed by atoms with Crippen LogP contribution in [0, 0.1) is 0 Å². The maximum atomic E-state index is 12.6. The van der Waals surface area contributed by atoms with Crippen LogP contribution in [0.25, 0.3) is 0 Å². The highest BCUT2D eigenvalue weighted by molar-refractivity contribution is 6.29. The van der Waals surface area contributed by atoms with Crippen LogP contribution in [-0.2, 0) is 11.3 Å². The van der Waals surface area contributed by atoms with E-state index in [0.29, 0.717) is 24.0 Å². The monoisotopic (exact) mass is 394 g/mol. The fourth-order valence-electron chi connectivity index (χ4n) is 2.63. The number of hydrogen-bond acceptors (Lipinski definition) is 6. The average molecular weight is 395 g/mol. The maximum Gasteiger partial charge on any atom is 0.243 e. The Hall–Kier alpha value is -2.35. The van der Waals surface area contributed by atoms with Gasteiger partial charge in [0.05, 0.1) is 18.8 Å². The fourth-order valence-corrected chi connectivity index (χ4v) is 2.77. The van der Waals surface area contributed by atoms with Gasteiger partial charge in [-0.2, -0.15) is 10.1 Å². The number of amides is 1.